The van der Waals surface area contributed by atoms with E-state index in [2.05, 4.69) is 10.1 Å². The van der Waals surface area contributed by atoms with E-state index in [0.717, 1.165) is 5.56 Å². The molecule has 0 aliphatic heterocycles. The van der Waals surface area contributed by atoms with Crippen molar-refractivity contribution in [1.29, 1.82) is 0 Å². The Labute approximate surface area is 105 Å². The quantitative estimate of drug-likeness (QED) is 0.754. The van der Waals surface area contributed by atoms with Crippen LogP contribution in [0, 0.1) is 0 Å². The Morgan fingerprint density at radius 1 is 1.39 bits per heavy atom. The van der Waals surface area contributed by atoms with E-state index in [9.17, 15) is 4.79 Å². The number of nitrogens with zero attached hydrogens (tertiary/aromatic N) is 4. The lowest BCUT2D eigenvalue weighted by Crippen LogP contribution is -2.25. The van der Waals surface area contributed by atoms with Gasteiger partial charge < -0.3 is 0 Å². The Kier molecular flexibility index (Phi) is 3.69. The SMILES string of the molecule is CON(C)C(=O)c1ccc(Cn2cncn2)cc1. The molecule has 1 aromatic heterocycles. The van der Waals surface area contributed by atoms with Crippen LogP contribution in [0.3, 0.4) is 0 Å². The highest BCUT2D eigenvalue weighted by Gasteiger charge is 2.10. The van der Waals surface area contributed by atoms with E-state index in [-0.39, 0.29) is 5.91 Å². The van der Waals surface area contributed by atoms with Crippen LogP contribution in [-0.4, -0.2) is 39.9 Å². The maximum Gasteiger partial charge on any atom is 0.277 e. The van der Waals surface area contributed by atoms with Crippen molar-refractivity contribution in [1.82, 2.24) is 19.8 Å². The second kappa shape index (κ2) is 5.42. The standard InChI is InChI=1S/C12H14N4O2/c1-15(18-2)12(17)11-5-3-10(4-6-11)7-16-9-13-8-14-16/h3-6,8-9H,7H2,1-2H3. The molecule has 6 heteroatoms. The van der Waals surface area contributed by atoms with E-state index < -0.39 is 0 Å². The normalized spacial score (nSPS) is 10.3. The van der Waals surface area contributed by atoms with Gasteiger partial charge in [-0.2, -0.15) is 5.10 Å². The fourth-order valence-corrected chi connectivity index (χ4v) is 1.52. The maximum absolute atomic E-state index is 11.8. The van der Waals surface area contributed by atoms with E-state index in [0.29, 0.717) is 12.1 Å². The van der Waals surface area contributed by atoms with Gasteiger partial charge in [-0.15, -0.1) is 0 Å². The number of hydrogen-bond acceptors (Lipinski definition) is 4. The van der Waals surface area contributed by atoms with Crippen molar-refractivity contribution < 1.29 is 9.63 Å². The average molecular weight is 246 g/mol. The van der Waals surface area contributed by atoms with Crippen molar-refractivity contribution in [3.63, 3.8) is 0 Å². The van der Waals surface area contributed by atoms with E-state index in [1.807, 2.05) is 12.1 Å². The fourth-order valence-electron chi connectivity index (χ4n) is 1.52. The minimum atomic E-state index is -0.176. The molecule has 0 unspecified atom stereocenters. The molecule has 0 spiro atoms. The third-order valence-electron chi connectivity index (χ3n) is 2.57. The first-order chi connectivity index (χ1) is 8.70. The van der Waals surface area contributed by atoms with Crippen LogP contribution in [0.2, 0.25) is 0 Å². The van der Waals surface area contributed by atoms with Crippen LogP contribution in [0.1, 0.15) is 15.9 Å². The highest BCUT2D eigenvalue weighted by Crippen LogP contribution is 2.08. The van der Waals surface area contributed by atoms with Crippen LogP contribution >= 0.6 is 0 Å². The molecule has 6 nitrogen and oxygen atoms in total. The number of hydrogen-bond donors (Lipinski definition) is 0. The number of amides is 1. The first-order valence-corrected chi connectivity index (χ1v) is 5.44. The summed E-state index contributed by atoms with van der Waals surface area (Å²) in [7, 11) is 3.03. The third kappa shape index (κ3) is 2.72. The summed E-state index contributed by atoms with van der Waals surface area (Å²) in [6, 6.07) is 7.31. The summed E-state index contributed by atoms with van der Waals surface area (Å²) in [6.45, 7) is 0.634. The first kappa shape index (κ1) is 12.3. The van der Waals surface area contributed by atoms with Gasteiger partial charge >= 0.3 is 0 Å². The van der Waals surface area contributed by atoms with Gasteiger partial charge in [0, 0.05) is 12.6 Å². The number of hydroxylamine groups is 2. The van der Waals surface area contributed by atoms with Crippen molar-refractivity contribution in [2.24, 2.45) is 0 Å². The zero-order valence-electron chi connectivity index (χ0n) is 10.3. The van der Waals surface area contributed by atoms with Crippen LogP contribution in [-0.2, 0) is 11.4 Å². The van der Waals surface area contributed by atoms with Crippen LogP contribution in [0.15, 0.2) is 36.9 Å². The number of carbonyl (C=O) groups excluding carboxylic acids is 1. The lowest BCUT2D eigenvalue weighted by atomic mass is 10.1. The number of benzene rings is 1. The molecule has 2 rings (SSSR count). The van der Waals surface area contributed by atoms with Crippen molar-refractivity contribution in [2.75, 3.05) is 14.2 Å². The Balaban J connectivity index is 2.08. The largest absolute Gasteiger partial charge is 0.277 e. The van der Waals surface area contributed by atoms with Crippen molar-refractivity contribution in [3.05, 3.63) is 48.0 Å². The van der Waals surface area contributed by atoms with Gasteiger partial charge in [-0.05, 0) is 17.7 Å². The Hall–Kier alpha value is -2.21. The summed E-state index contributed by atoms with van der Waals surface area (Å²) in [5.41, 5.74) is 1.64. The minimum absolute atomic E-state index is 0.176. The summed E-state index contributed by atoms with van der Waals surface area (Å²) in [5, 5.41) is 5.21. The molecule has 18 heavy (non-hydrogen) atoms. The van der Waals surface area contributed by atoms with Crippen molar-refractivity contribution in [3.8, 4) is 0 Å². The number of carbonyl (C=O) groups is 1. The minimum Gasteiger partial charge on any atom is -0.274 e. The zero-order chi connectivity index (χ0) is 13.0. The van der Waals surface area contributed by atoms with Crippen LogP contribution in [0.4, 0.5) is 0 Å². The monoisotopic (exact) mass is 246 g/mol. The van der Waals surface area contributed by atoms with Gasteiger partial charge in [0.2, 0.25) is 0 Å². The topological polar surface area (TPSA) is 60.2 Å². The van der Waals surface area contributed by atoms with Gasteiger partial charge in [0.15, 0.2) is 0 Å². The Morgan fingerprint density at radius 2 is 2.11 bits per heavy atom. The highest BCUT2D eigenvalue weighted by atomic mass is 16.7. The number of rotatable bonds is 4. The molecular weight excluding hydrogens is 232 g/mol. The Bertz CT molecular complexity index is 507. The molecule has 0 saturated heterocycles. The molecule has 0 fully saturated rings. The summed E-state index contributed by atoms with van der Waals surface area (Å²) in [6.07, 6.45) is 3.14. The molecule has 0 bridgehead atoms. The molecule has 0 radical (unpaired) electrons. The van der Waals surface area contributed by atoms with Gasteiger partial charge in [-0.1, -0.05) is 12.1 Å². The molecule has 1 amide bonds. The van der Waals surface area contributed by atoms with Gasteiger partial charge in [-0.25, -0.2) is 14.7 Å². The Morgan fingerprint density at radius 3 is 2.67 bits per heavy atom. The molecule has 0 atom stereocenters. The van der Waals surface area contributed by atoms with Crippen LogP contribution in [0.5, 0.6) is 0 Å². The summed E-state index contributed by atoms with van der Waals surface area (Å²) < 4.78 is 1.72. The van der Waals surface area contributed by atoms with Crippen LogP contribution < -0.4 is 0 Å². The molecule has 1 heterocycles. The second-order valence-corrected chi connectivity index (χ2v) is 3.78. The molecule has 1 aromatic carbocycles. The third-order valence-corrected chi connectivity index (χ3v) is 2.57. The molecule has 94 valence electrons. The first-order valence-electron chi connectivity index (χ1n) is 5.44. The summed E-state index contributed by atoms with van der Waals surface area (Å²) >= 11 is 0. The summed E-state index contributed by atoms with van der Waals surface area (Å²) in [4.78, 5) is 20.5. The molecule has 2 aromatic rings. The fraction of sp³-hybridized carbons (Fsp3) is 0.250. The van der Waals surface area contributed by atoms with Gasteiger partial charge in [-0.3, -0.25) is 9.63 Å². The van der Waals surface area contributed by atoms with Gasteiger partial charge in [0.1, 0.15) is 12.7 Å². The predicted molar refractivity (Wildman–Crippen MR) is 64.7 cm³/mol. The lowest BCUT2D eigenvalue weighted by Gasteiger charge is -2.13. The van der Waals surface area contributed by atoms with Crippen molar-refractivity contribution >= 4 is 5.91 Å². The predicted octanol–water partition coefficient (Wildman–Crippen LogP) is 0.960. The molecule has 0 aliphatic rings. The number of aromatic nitrogens is 3. The van der Waals surface area contributed by atoms with Gasteiger partial charge in [0.05, 0.1) is 13.7 Å². The lowest BCUT2D eigenvalue weighted by molar-refractivity contribution is -0.0756. The van der Waals surface area contributed by atoms with Crippen molar-refractivity contribution in [2.45, 2.75) is 6.54 Å². The molecule has 0 saturated carbocycles. The molecule has 0 N–H and O–H groups in total. The zero-order valence-corrected chi connectivity index (χ0v) is 10.3. The van der Waals surface area contributed by atoms with Crippen LogP contribution in [0.25, 0.3) is 0 Å². The van der Waals surface area contributed by atoms with E-state index in [1.165, 1.54) is 18.5 Å². The highest BCUT2D eigenvalue weighted by molar-refractivity contribution is 5.93. The average Bonchev–Trinajstić information content (AvgIpc) is 2.91. The van der Waals surface area contributed by atoms with E-state index in [1.54, 1.807) is 30.2 Å². The molecular formula is C12H14N4O2. The van der Waals surface area contributed by atoms with E-state index in [4.69, 9.17) is 4.84 Å². The van der Waals surface area contributed by atoms with Gasteiger partial charge in [0.25, 0.3) is 5.91 Å². The van der Waals surface area contributed by atoms with E-state index >= 15 is 0 Å². The smallest absolute Gasteiger partial charge is 0.274 e. The molecule has 0 aliphatic carbocycles. The summed E-state index contributed by atoms with van der Waals surface area (Å²) in [5.74, 6) is -0.176. The second-order valence-electron chi connectivity index (χ2n) is 3.78. The maximum atomic E-state index is 11.8.